The smallest absolute Gasteiger partial charge is 0.258 e. The Morgan fingerprint density at radius 1 is 1.42 bits per heavy atom. The van der Waals surface area contributed by atoms with Crippen LogP contribution in [0.1, 0.15) is 42.8 Å². The number of nitrogens with one attached hydrogen (secondary N) is 1. The molecule has 1 amide bonds. The summed E-state index contributed by atoms with van der Waals surface area (Å²) in [5, 5.41) is 1.46. The van der Waals surface area contributed by atoms with Crippen LogP contribution in [0.15, 0.2) is 16.3 Å². The highest BCUT2D eigenvalue weighted by Gasteiger charge is 2.23. The van der Waals surface area contributed by atoms with Crippen molar-refractivity contribution in [3.8, 4) is 0 Å². The lowest BCUT2D eigenvalue weighted by atomic mass is 9.96. The fourth-order valence-electron chi connectivity index (χ4n) is 2.75. The van der Waals surface area contributed by atoms with E-state index in [-0.39, 0.29) is 9.77 Å². The third kappa shape index (κ3) is 5.54. The summed E-state index contributed by atoms with van der Waals surface area (Å²) in [6, 6.07) is 1.34. The van der Waals surface area contributed by atoms with Gasteiger partial charge < -0.3 is 10.6 Å². The average molecular weight is 374 g/mol. The first kappa shape index (κ1) is 19.4. The molecule has 6 nitrogen and oxygen atoms in total. The molecule has 2 heterocycles. The number of likely N-dealkylation sites (tertiary alicyclic amines) is 1. The second kappa shape index (κ2) is 8.42. The number of carbonyl (C=O) groups excluding carboxylic acids is 1. The predicted molar refractivity (Wildman–Crippen MR) is 96.6 cm³/mol. The highest BCUT2D eigenvalue weighted by molar-refractivity contribution is 7.89. The number of nitrogens with zero attached hydrogens (tertiary/aromatic N) is 1. The Balaban J connectivity index is 1.80. The van der Waals surface area contributed by atoms with Crippen molar-refractivity contribution in [1.82, 2.24) is 9.62 Å². The van der Waals surface area contributed by atoms with Crippen molar-refractivity contribution in [3.05, 3.63) is 16.3 Å². The lowest BCUT2D eigenvalue weighted by Gasteiger charge is -2.32. The van der Waals surface area contributed by atoms with Crippen molar-refractivity contribution in [2.45, 2.75) is 38.0 Å². The number of hydrogen-bond donors (Lipinski definition) is 2. The molecule has 1 aromatic heterocycles. The average Bonchev–Trinajstić information content (AvgIpc) is 3.03. The summed E-state index contributed by atoms with van der Waals surface area (Å²) < 4.78 is 27.2. The molecule has 1 aromatic rings. The minimum absolute atomic E-state index is 0.121. The van der Waals surface area contributed by atoms with E-state index in [2.05, 4.69) is 23.5 Å². The van der Waals surface area contributed by atoms with Crippen LogP contribution in [-0.2, 0) is 10.0 Å². The molecule has 0 aromatic carbocycles. The molecule has 0 radical (unpaired) electrons. The number of carbonyl (C=O) groups is 1. The molecule has 3 N–H and O–H groups in total. The number of amides is 1. The van der Waals surface area contributed by atoms with Gasteiger partial charge in [-0.3, -0.25) is 4.79 Å². The molecule has 1 aliphatic heterocycles. The Morgan fingerprint density at radius 2 is 2.08 bits per heavy atom. The second-order valence-corrected chi connectivity index (χ2v) is 9.51. The van der Waals surface area contributed by atoms with Gasteiger partial charge in [0.15, 0.2) is 0 Å². The van der Waals surface area contributed by atoms with E-state index in [1.54, 1.807) is 0 Å². The molecule has 0 bridgehead atoms. The summed E-state index contributed by atoms with van der Waals surface area (Å²) in [5.41, 5.74) is 5.17. The fraction of sp³-hybridized carbons (Fsp3) is 0.688. The van der Waals surface area contributed by atoms with E-state index in [1.165, 1.54) is 17.9 Å². The molecule has 24 heavy (non-hydrogen) atoms. The topological polar surface area (TPSA) is 92.5 Å². The zero-order chi connectivity index (χ0) is 17.7. The summed E-state index contributed by atoms with van der Waals surface area (Å²) >= 11 is 1.05. The van der Waals surface area contributed by atoms with Crippen molar-refractivity contribution in [3.63, 3.8) is 0 Å². The first-order valence-electron chi connectivity index (χ1n) is 8.38. The quantitative estimate of drug-likeness (QED) is 0.728. The lowest BCUT2D eigenvalue weighted by molar-refractivity contribution is 0.100. The van der Waals surface area contributed by atoms with Crippen molar-refractivity contribution in [2.24, 2.45) is 17.6 Å². The van der Waals surface area contributed by atoms with E-state index in [0.29, 0.717) is 18.4 Å². The molecule has 136 valence electrons. The van der Waals surface area contributed by atoms with Crippen molar-refractivity contribution in [1.29, 1.82) is 0 Å². The molecule has 0 atom stereocenters. The number of thiophene rings is 1. The summed E-state index contributed by atoms with van der Waals surface area (Å²) in [4.78, 5) is 13.9. The van der Waals surface area contributed by atoms with Gasteiger partial charge in [0.25, 0.3) is 5.91 Å². The largest absolute Gasteiger partial charge is 0.365 e. The minimum atomic E-state index is -3.57. The lowest BCUT2D eigenvalue weighted by Crippen LogP contribution is -2.39. The van der Waals surface area contributed by atoms with Crippen LogP contribution in [0.5, 0.6) is 0 Å². The maximum absolute atomic E-state index is 12.3. The highest BCUT2D eigenvalue weighted by atomic mass is 32.2. The maximum atomic E-state index is 12.3. The monoisotopic (exact) mass is 373 g/mol. The Kier molecular flexibility index (Phi) is 6.79. The van der Waals surface area contributed by atoms with Gasteiger partial charge in [0.05, 0.1) is 9.77 Å². The third-order valence-electron chi connectivity index (χ3n) is 4.42. The Morgan fingerprint density at radius 3 is 2.62 bits per heavy atom. The molecule has 8 heteroatoms. The first-order valence-corrected chi connectivity index (χ1v) is 10.7. The van der Waals surface area contributed by atoms with Gasteiger partial charge in [0.2, 0.25) is 10.0 Å². The maximum Gasteiger partial charge on any atom is 0.258 e. The number of primary amides is 1. The third-order valence-corrected chi connectivity index (χ3v) is 6.92. The Labute approximate surface area is 148 Å². The van der Waals surface area contributed by atoms with E-state index in [0.717, 1.165) is 43.8 Å². The van der Waals surface area contributed by atoms with E-state index in [1.807, 2.05) is 0 Å². The van der Waals surface area contributed by atoms with Gasteiger partial charge in [0.1, 0.15) is 0 Å². The van der Waals surface area contributed by atoms with Crippen LogP contribution < -0.4 is 10.5 Å². The van der Waals surface area contributed by atoms with Crippen LogP contribution in [0.3, 0.4) is 0 Å². The number of rotatable bonds is 8. The van der Waals surface area contributed by atoms with Crippen LogP contribution in [-0.4, -0.2) is 45.4 Å². The predicted octanol–water partition coefficient (Wildman–Crippen LogP) is 1.88. The summed E-state index contributed by atoms with van der Waals surface area (Å²) in [7, 11) is -3.57. The van der Waals surface area contributed by atoms with Gasteiger partial charge in [-0.25, -0.2) is 13.1 Å². The molecular formula is C16H27N3O3S2. The van der Waals surface area contributed by atoms with Gasteiger partial charge >= 0.3 is 0 Å². The SMILES string of the molecule is CC(C)CCN1CCC(CNS(=O)(=O)c2csc(C(N)=O)c2)CC1. The molecule has 1 aliphatic rings. The van der Waals surface area contributed by atoms with Crippen LogP contribution in [0.2, 0.25) is 0 Å². The van der Waals surface area contributed by atoms with E-state index >= 15 is 0 Å². The Bertz CT molecular complexity index is 647. The molecule has 0 aliphatic carbocycles. The van der Waals surface area contributed by atoms with Crippen LogP contribution in [0.4, 0.5) is 0 Å². The number of piperidine rings is 1. The molecule has 1 saturated heterocycles. The zero-order valence-corrected chi connectivity index (χ0v) is 16.0. The highest BCUT2D eigenvalue weighted by Crippen LogP contribution is 2.21. The number of sulfonamides is 1. The molecule has 0 spiro atoms. The van der Waals surface area contributed by atoms with Crippen molar-refractivity contribution < 1.29 is 13.2 Å². The van der Waals surface area contributed by atoms with Gasteiger partial charge in [0, 0.05) is 11.9 Å². The van der Waals surface area contributed by atoms with Crippen LogP contribution in [0, 0.1) is 11.8 Å². The molecule has 1 fully saturated rings. The molecule has 2 rings (SSSR count). The van der Waals surface area contributed by atoms with E-state index in [4.69, 9.17) is 5.73 Å². The summed E-state index contributed by atoms with van der Waals surface area (Å²) in [6.07, 6.45) is 3.23. The van der Waals surface area contributed by atoms with Gasteiger partial charge in [-0.05, 0) is 56.8 Å². The van der Waals surface area contributed by atoms with Gasteiger partial charge in [-0.15, -0.1) is 11.3 Å². The van der Waals surface area contributed by atoms with Crippen LogP contribution in [0.25, 0.3) is 0 Å². The zero-order valence-electron chi connectivity index (χ0n) is 14.3. The number of hydrogen-bond acceptors (Lipinski definition) is 5. The van der Waals surface area contributed by atoms with Gasteiger partial charge in [-0.1, -0.05) is 13.8 Å². The minimum Gasteiger partial charge on any atom is -0.365 e. The number of nitrogens with two attached hydrogens (primary N) is 1. The first-order chi connectivity index (χ1) is 11.3. The van der Waals surface area contributed by atoms with Gasteiger partial charge in [-0.2, -0.15) is 0 Å². The van der Waals surface area contributed by atoms with E-state index < -0.39 is 15.9 Å². The molecule has 0 unspecified atom stereocenters. The van der Waals surface area contributed by atoms with E-state index in [9.17, 15) is 13.2 Å². The second-order valence-electron chi connectivity index (χ2n) is 6.83. The normalized spacial score (nSPS) is 17.5. The molecular weight excluding hydrogens is 346 g/mol. The standard InChI is InChI=1S/C16H27N3O3S2/c1-12(2)3-6-19-7-4-13(5-8-19)10-18-24(21,22)14-9-15(16(17)20)23-11-14/h9,11-13,18H,3-8,10H2,1-2H3,(H2,17,20). The molecule has 0 saturated carbocycles. The Hall–Kier alpha value is -0.960. The van der Waals surface area contributed by atoms with Crippen molar-refractivity contribution >= 4 is 27.3 Å². The summed E-state index contributed by atoms with van der Waals surface area (Å²) in [6.45, 7) is 8.10. The van der Waals surface area contributed by atoms with Crippen molar-refractivity contribution in [2.75, 3.05) is 26.2 Å². The summed E-state index contributed by atoms with van der Waals surface area (Å²) in [5.74, 6) is 0.477. The fourth-order valence-corrected chi connectivity index (χ4v) is 5.00. The van der Waals surface area contributed by atoms with Crippen LogP contribution >= 0.6 is 11.3 Å².